The molecule has 3 heterocycles. The Bertz CT molecular complexity index is 719. The second-order valence-electron chi connectivity index (χ2n) is 6.66. The molecule has 0 saturated carbocycles. The summed E-state index contributed by atoms with van der Waals surface area (Å²) in [5, 5.41) is 11.2. The Morgan fingerprint density at radius 3 is 2.73 bits per heavy atom. The highest BCUT2D eigenvalue weighted by molar-refractivity contribution is 7.91. The summed E-state index contributed by atoms with van der Waals surface area (Å²) in [5.74, 6) is 0.456. The molecular formula is C16H25N5O4S. The zero-order valence-corrected chi connectivity index (χ0v) is 15.7. The van der Waals surface area contributed by atoms with Gasteiger partial charge in [0.1, 0.15) is 5.82 Å². The molecule has 0 spiro atoms. The number of hydrogen-bond acceptors (Lipinski definition) is 8. The average Bonchev–Trinajstić information content (AvgIpc) is 3.02. The van der Waals surface area contributed by atoms with E-state index in [1.807, 2.05) is 0 Å². The molecule has 1 atom stereocenters. The quantitative estimate of drug-likeness (QED) is 0.700. The van der Waals surface area contributed by atoms with E-state index in [-0.39, 0.29) is 29.1 Å². The Balaban J connectivity index is 1.49. The van der Waals surface area contributed by atoms with E-state index in [1.54, 1.807) is 19.2 Å². The van der Waals surface area contributed by atoms with Gasteiger partial charge in [0.15, 0.2) is 15.5 Å². The van der Waals surface area contributed by atoms with Gasteiger partial charge in [-0.1, -0.05) is 0 Å². The van der Waals surface area contributed by atoms with Crippen LogP contribution >= 0.6 is 0 Å². The lowest BCUT2D eigenvalue weighted by Crippen LogP contribution is -2.39. The zero-order chi connectivity index (χ0) is 18.6. The fraction of sp³-hybridized carbons (Fsp3) is 0.688. The lowest BCUT2D eigenvalue weighted by Gasteiger charge is -2.26. The monoisotopic (exact) mass is 383 g/mol. The Hall–Kier alpha value is -1.78. The van der Waals surface area contributed by atoms with Gasteiger partial charge in [-0.2, -0.15) is 0 Å². The van der Waals surface area contributed by atoms with Gasteiger partial charge in [0.25, 0.3) is 5.91 Å². The lowest BCUT2D eigenvalue weighted by molar-refractivity contribution is 0.0398. The summed E-state index contributed by atoms with van der Waals surface area (Å²) < 4.78 is 28.5. The largest absolute Gasteiger partial charge is 0.379 e. The van der Waals surface area contributed by atoms with Gasteiger partial charge < -0.3 is 15.0 Å². The van der Waals surface area contributed by atoms with Crippen molar-refractivity contribution in [1.29, 1.82) is 0 Å². The molecule has 0 aromatic carbocycles. The molecule has 2 saturated heterocycles. The first-order chi connectivity index (χ1) is 12.4. The van der Waals surface area contributed by atoms with Crippen LogP contribution in [0.1, 0.15) is 16.9 Å². The van der Waals surface area contributed by atoms with Crippen molar-refractivity contribution in [2.75, 3.05) is 63.3 Å². The summed E-state index contributed by atoms with van der Waals surface area (Å²) in [6.45, 7) is 5.04. The number of hydrogen-bond donors (Lipinski definition) is 1. The topological polar surface area (TPSA) is 105 Å². The molecule has 144 valence electrons. The summed E-state index contributed by atoms with van der Waals surface area (Å²) in [5.41, 5.74) is 0.218. The third-order valence-corrected chi connectivity index (χ3v) is 6.55. The standard InChI is InChI=1S/C16H25N5O4S/c1-20(13-4-11-26(23,24)12-13)16(22)14-2-3-15(19-18-14)17-5-6-21-7-9-25-10-8-21/h2-3,13H,4-12H2,1H3,(H,17,19). The molecule has 1 amide bonds. The van der Waals surface area contributed by atoms with E-state index in [4.69, 9.17) is 4.74 Å². The van der Waals surface area contributed by atoms with Gasteiger partial charge in [-0.15, -0.1) is 10.2 Å². The molecule has 2 aliphatic rings. The zero-order valence-electron chi connectivity index (χ0n) is 14.9. The maximum absolute atomic E-state index is 12.5. The number of ether oxygens (including phenoxy) is 1. The van der Waals surface area contributed by atoms with Crippen molar-refractivity contribution in [2.45, 2.75) is 12.5 Å². The molecule has 0 radical (unpaired) electrons. The van der Waals surface area contributed by atoms with E-state index in [9.17, 15) is 13.2 Å². The van der Waals surface area contributed by atoms with Crippen LogP contribution in [-0.2, 0) is 14.6 Å². The number of nitrogens with one attached hydrogen (secondary N) is 1. The molecule has 0 aliphatic carbocycles. The van der Waals surface area contributed by atoms with Gasteiger partial charge in [0.05, 0.1) is 24.7 Å². The number of carbonyl (C=O) groups excluding carboxylic acids is 1. The highest BCUT2D eigenvalue weighted by Crippen LogP contribution is 2.18. The molecule has 0 bridgehead atoms. The summed E-state index contributed by atoms with van der Waals surface area (Å²) in [6, 6.07) is 3.05. The molecule has 9 nitrogen and oxygen atoms in total. The maximum Gasteiger partial charge on any atom is 0.274 e. The van der Waals surface area contributed by atoms with E-state index in [0.717, 1.165) is 39.4 Å². The Kier molecular flexibility index (Phi) is 6.05. The van der Waals surface area contributed by atoms with Crippen LogP contribution in [0.3, 0.4) is 0 Å². The molecular weight excluding hydrogens is 358 g/mol. The van der Waals surface area contributed by atoms with E-state index >= 15 is 0 Å². The molecule has 1 aromatic heterocycles. The molecule has 26 heavy (non-hydrogen) atoms. The normalized spacial score (nSPS) is 22.9. The van der Waals surface area contributed by atoms with Gasteiger partial charge >= 0.3 is 0 Å². The summed E-state index contributed by atoms with van der Waals surface area (Å²) >= 11 is 0. The first kappa shape index (κ1) is 19.0. The SMILES string of the molecule is CN(C(=O)c1ccc(NCCN2CCOCC2)nn1)C1CCS(=O)(=O)C1. The number of morpholine rings is 1. The van der Waals surface area contributed by atoms with Crippen LogP contribution in [0, 0.1) is 0 Å². The average molecular weight is 383 g/mol. The number of anilines is 1. The lowest BCUT2D eigenvalue weighted by atomic mass is 10.2. The Morgan fingerprint density at radius 2 is 2.12 bits per heavy atom. The minimum absolute atomic E-state index is 0.0177. The second kappa shape index (κ2) is 8.28. The molecule has 2 fully saturated rings. The number of rotatable bonds is 6. The summed E-state index contributed by atoms with van der Waals surface area (Å²) in [7, 11) is -1.42. The third-order valence-electron chi connectivity index (χ3n) is 4.80. The van der Waals surface area contributed by atoms with Gasteiger partial charge in [-0.05, 0) is 18.6 Å². The van der Waals surface area contributed by atoms with E-state index < -0.39 is 9.84 Å². The van der Waals surface area contributed by atoms with Crippen molar-refractivity contribution in [3.8, 4) is 0 Å². The summed E-state index contributed by atoms with van der Waals surface area (Å²) in [4.78, 5) is 16.2. The van der Waals surface area contributed by atoms with Gasteiger partial charge in [-0.25, -0.2) is 8.42 Å². The van der Waals surface area contributed by atoms with Crippen LogP contribution in [-0.4, -0.2) is 98.3 Å². The van der Waals surface area contributed by atoms with Crippen molar-refractivity contribution in [3.05, 3.63) is 17.8 Å². The third kappa shape index (κ3) is 4.89. The molecule has 1 N–H and O–H groups in total. The Labute approximate surface area is 153 Å². The molecule has 10 heteroatoms. The molecule has 2 aliphatic heterocycles. The molecule has 1 aromatic rings. The predicted octanol–water partition coefficient (Wildman–Crippen LogP) is -0.520. The van der Waals surface area contributed by atoms with Crippen LogP contribution in [0.4, 0.5) is 5.82 Å². The van der Waals surface area contributed by atoms with Gasteiger partial charge in [0, 0.05) is 39.3 Å². The second-order valence-corrected chi connectivity index (χ2v) is 8.89. The van der Waals surface area contributed by atoms with Crippen molar-refractivity contribution >= 4 is 21.6 Å². The first-order valence-corrected chi connectivity index (χ1v) is 10.6. The fourth-order valence-corrected chi connectivity index (χ4v) is 4.91. The van der Waals surface area contributed by atoms with E-state index in [1.165, 1.54) is 4.90 Å². The van der Waals surface area contributed by atoms with E-state index in [0.29, 0.717) is 12.2 Å². The highest BCUT2D eigenvalue weighted by atomic mass is 32.2. The molecule has 1 unspecified atom stereocenters. The summed E-state index contributed by atoms with van der Waals surface area (Å²) in [6.07, 6.45) is 0.471. The minimum Gasteiger partial charge on any atom is -0.379 e. The van der Waals surface area contributed by atoms with Crippen LogP contribution < -0.4 is 5.32 Å². The van der Waals surface area contributed by atoms with Crippen LogP contribution in [0.15, 0.2) is 12.1 Å². The Morgan fingerprint density at radius 1 is 1.35 bits per heavy atom. The van der Waals surface area contributed by atoms with Crippen LogP contribution in [0.25, 0.3) is 0 Å². The minimum atomic E-state index is -3.03. The van der Waals surface area contributed by atoms with Crippen molar-refractivity contribution in [1.82, 2.24) is 20.0 Å². The first-order valence-electron chi connectivity index (χ1n) is 8.80. The fourth-order valence-electron chi connectivity index (χ4n) is 3.13. The van der Waals surface area contributed by atoms with Crippen LogP contribution in [0.2, 0.25) is 0 Å². The van der Waals surface area contributed by atoms with Crippen LogP contribution in [0.5, 0.6) is 0 Å². The number of nitrogens with zero attached hydrogens (tertiary/aromatic N) is 4. The van der Waals surface area contributed by atoms with Crippen molar-refractivity contribution in [2.24, 2.45) is 0 Å². The number of aromatic nitrogens is 2. The van der Waals surface area contributed by atoms with Crippen molar-refractivity contribution in [3.63, 3.8) is 0 Å². The number of carbonyl (C=O) groups is 1. The smallest absolute Gasteiger partial charge is 0.274 e. The van der Waals surface area contributed by atoms with E-state index in [2.05, 4.69) is 20.4 Å². The highest BCUT2D eigenvalue weighted by Gasteiger charge is 2.33. The van der Waals surface area contributed by atoms with Gasteiger partial charge in [0.2, 0.25) is 0 Å². The van der Waals surface area contributed by atoms with Crippen molar-refractivity contribution < 1.29 is 17.9 Å². The predicted molar refractivity (Wildman–Crippen MR) is 96.9 cm³/mol. The maximum atomic E-state index is 12.5. The number of amides is 1. The molecule has 3 rings (SSSR count). The number of sulfone groups is 1. The van der Waals surface area contributed by atoms with Gasteiger partial charge in [-0.3, -0.25) is 9.69 Å².